The standard InChI is InChI=1S/C12H13ClFN3/c1-8-9(7-16-17(8)2)6-15-11-5-3-4-10(13)12(11)14/h3-5,7,15H,6H2,1-2H3. The molecule has 17 heavy (non-hydrogen) atoms. The number of halogens is 2. The summed E-state index contributed by atoms with van der Waals surface area (Å²) in [5.41, 5.74) is 2.49. The van der Waals surface area contributed by atoms with E-state index in [4.69, 9.17) is 11.6 Å². The first-order chi connectivity index (χ1) is 8.09. The van der Waals surface area contributed by atoms with Crippen LogP contribution < -0.4 is 5.32 Å². The summed E-state index contributed by atoms with van der Waals surface area (Å²) in [6.07, 6.45) is 1.77. The van der Waals surface area contributed by atoms with Gasteiger partial charge in [-0.1, -0.05) is 17.7 Å². The zero-order valence-corrected chi connectivity index (χ0v) is 10.4. The summed E-state index contributed by atoms with van der Waals surface area (Å²) in [5.74, 6) is -0.421. The number of nitrogens with one attached hydrogen (secondary N) is 1. The molecule has 1 N–H and O–H groups in total. The van der Waals surface area contributed by atoms with Crippen LogP contribution in [0, 0.1) is 12.7 Å². The van der Waals surface area contributed by atoms with Crippen molar-refractivity contribution >= 4 is 17.3 Å². The lowest BCUT2D eigenvalue weighted by Crippen LogP contribution is -2.03. The molecule has 1 aromatic heterocycles. The highest BCUT2D eigenvalue weighted by atomic mass is 35.5. The van der Waals surface area contributed by atoms with Crippen LogP contribution in [0.25, 0.3) is 0 Å². The summed E-state index contributed by atoms with van der Waals surface area (Å²) < 4.78 is 15.4. The fourth-order valence-electron chi connectivity index (χ4n) is 1.55. The summed E-state index contributed by atoms with van der Waals surface area (Å²) in [5, 5.41) is 7.26. The Balaban J connectivity index is 2.13. The molecule has 1 heterocycles. The Morgan fingerprint density at radius 3 is 2.88 bits per heavy atom. The maximum Gasteiger partial charge on any atom is 0.164 e. The zero-order valence-electron chi connectivity index (χ0n) is 9.67. The quantitative estimate of drug-likeness (QED) is 0.911. The smallest absolute Gasteiger partial charge is 0.164 e. The van der Waals surface area contributed by atoms with Gasteiger partial charge in [0, 0.05) is 24.8 Å². The lowest BCUT2D eigenvalue weighted by atomic mass is 10.2. The molecule has 0 aliphatic heterocycles. The third-order valence-corrected chi connectivity index (χ3v) is 3.05. The van der Waals surface area contributed by atoms with Crippen LogP contribution in [0.2, 0.25) is 5.02 Å². The summed E-state index contributed by atoms with van der Waals surface area (Å²) in [4.78, 5) is 0. The van der Waals surface area contributed by atoms with E-state index in [0.29, 0.717) is 12.2 Å². The maximum atomic E-state index is 13.6. The van der Waals surface area contributed by atoms with E-state index in [9.17, 15) is 4.39 Å². The molecule has 90 valence electrons. The van der Waals surface area contributed by atoms with Gasteiger partial charge in [0.05, 0.1) is 16.9 Å². The van der Waals surface area contributed by atoms with Gasteiger partial charge in [0.25, 0.3) is 0 Å². The number of nitrogens with zero attached hydrogens (tertiary/aromatic N) is 2. The van der Waals surface area contributed by atoms with Crippen LogP contribution in [0.3, 0.4) is 0 Å². The van der Waals surface area contributed by atoms with Crippen LogP contribution in [-0.4, -0.2) is 9.78 Å². The van der Waals surface area contributed by atoms with Crippen molar-refractivity contribution in [1.29, 1.82) is 0 Å². The number of hydrogen-bond acceptors (Lipinski definition) is 2. The predicted molar refractivity (Wildman–Crippen MR) is 66.7 cm³/mol. The van der Waals surface area contributed by atoms with Crippen LogP contribution in [0.4, 0.5) is 10.1 Å². The Kier molecular flexibility index (Phi) is 3.33. The Morgan fingerprint density at radius 1 is 1.47 bits per heavy atom. The lowest BCUT2D eigenvalue weighted by molar-refractivity contribution is 0.630. The molecule has 0 saturated carbocycles. The van der Waals surface area contributed by atoms with Crippen molar-refractivity contribution in [2.75, 3.05) is 5.32 Å². The van der Waals surface area contributed by atoms with Crippen molar-refractivity contribution < 1.29 is 4.39 Å². The third-order valence-electron chi connectivity index (χ3n) is 2.76. The summed E-state index contributed by atoms with van der Waals surface area (Å²) in [6, 6.07) is 4.90. The molecule has 0 unspecified atom stereocenters. The summed E-state index contributed by atoms with van der Waals surface area (Å²) in [6.45, 7) is 2.50. The molecule has 0 saturated heterocycles. The van der Waals surface area contributed by atoms with Crippen molar-refractivity contribution in [3.05, 3.63) is 46.5 Å². The fraction of sp³-hybridized carbons (Fsp3) is 0.250. The van der Waals surface area contributed by atoms with Gasteiger partial charge in [-0.3, -0.25) is 4.68 Å². The molecule has 0 radical (unpaired) electrons. The van der Waals surface area contributed by atoms with Crippen LogP contribution >= 0.6 is 11.6 Å². The van der Waals surface area contributed by atoms with Gasteiger partial charge >= 0.3 is 0 Å². The van der Waals surface area contributed by atoms with Gasteiger partial charge in [0.15, 0.2) is 5.82 Å². The highest BCUT2D eigenvalue weighted by Gasteiger charge is 2.07. The van der Waals surface area contributed by atoms with E-state index in [-0.39, 0.29) is 5.02 Å². The minimum Gasteiger partial charge on any atom is -0.378 e. The van der Waals surface area contributed by atoms with Gasteiger partial charge < -0.3 is 5.32 Å². The van der Waals surface area contributed by atoms with Crippen molar-refractivity contribution in [3.8, 4) is 0 Å². The highest BCUT2D eigenvalue weighted by molar-refractivity contribution is 6.31. The number of hydrogen-bond donors (Lipinski definition) is 1. The zero-order chi connectivity index (χ0) is 12.4. The molecule has 2 rings (SSSR count). The molecule has 0 fully saturated rings. The van der Waals surface area contributed by atoms with Crippen LogP contribution in [-0.2, 0) is 13.6 Å². The molecule has 2 aromatic rings. The van der Waals surface area contributed by atoms with Crippen molar-refractivity contribution in [1.82, 2.24) is 9.78 Å². The van der Waals surface area contributed by atoms with Crippen molar-refractivity contribution in [3.63, 3.8) is 0 Å². The average Bonchev–Trinajstić information content (AvgIpc) is 2.62. The average molecular weight is 254 g/mol. The Morgan fingerprint density at radius 2 is 2.24 bits per heavy atom. The molecule has 0 spiro atoms. The molecule has 0 aliphatic carbocycles. The van der Waals surface area contributed by atoms with Gasteiger partial charge in [0.2, 0.25) is 0 Å². The third kappa shape index (κ3) is 2.42. The molecule has 1 aromatic carbocycles. The Bertz CT molecular complexity index is 537. The lowest BCUT2D eigenvalue weighted by Gasteiger charge is -2.08. The minimum absolute atomic E-state index is 0.123. The largest absolute Gasteiger partial charge is 0.378 e. The van der Waals surface area contributed by atoms with Gasteiger partial charge in [-0.25, -0.2) is 4.39 Å². The van der Waals surface area contributed by atoms with Crippen LogP contribution in [0.1, 0.15) is 11.3 Å². The van der Waals surface area contributed by atoms with Crippen molar-refractivity contribution in [2.45, 2.75) is 13.5 Å². The van der Waals surface area contributed by atoms with E-state index in [1.54, 1.807) is 23.0 Å². The van der Waals surface area contributed by atoms with Gasteiger partial charge in [-0.2, -0.15) is 5.10 Å². The Labute approximate surface area is 104 Å². The molecule has 5 heteroatoms. The van der Waals surface area contributed by atoms with E-state index in [1.807, 2.05) is 14.0 Å². The summed E-state index contributed by atoms with van der Waals surface area (Å²) >= 11 is 5.70. The van der Waals surface area contributed by atoms with Gasteiger partial charge in [-0.15, -0.1) is 0 Å². The van der Waals surface area contributed by atoms with Crippen LogP contribution in [0.15, 0.2) is 24.4 Å². The second kappa shape index (κ2) is 4.75. The first kappa shape index (κ1) is 11.9. The molecular weight excluding hydrogens is 241 g/mol. The van der Waals surface area contributed by atoms with Gasteiger partial charge in [0.1, 0.15) is 0 Å². The number of aromatic nitrogens is 2. The molecular formula is C12H13ClFN3. The molecule has 0 bridgehead atoms. The van der Waals surface area contributed by atoms with E-state index < -0.39 is 5.82 Å². The normalized spacial score (nSPS) is 10.6. The topological polar surface area (TPSA) is 29.9 Å². The molecule has 0 amide bonds. The number of benzene rings is 1. The second-order valence-corrected chi connectivity index (χ2v) is 4.24. The SMILES string of the molecule is Cc1c(CNc2cccc(Cl)c2F)cnn1C. The van der Waals surface area contributed by atoms with E-state index in [0.717, 1.165) is 11.3 Å². The number of rotatable bonds is 3. The maximum absolute atomic E-state index is 13.6. The van der Waals surface area contributed by atoms with Crippen molar-refractivity contribution in [2.24, 2.45) is 7.05 Å². The first-order valence-electron chi connectivity index (χ1n) is 5.25. The molecule has 3 nitrogen and oxygen atoms in total. The molecule has 0 aliphatic rings. The van der Waals surface area contributed by atoms with Gasteiger partial charge in [-0.05, 0) is 19.1 Å². The van der Waals surface area contributed by atoms with E-state index in [1.165, 1.54) is 6.07 Å². The highest BCUT2D eigenvalue weighted by Crippen LogP contribution is 2.22. The fourth-order valence-corrected chi connectivity index (χ4v) is 1.72. The molecule has 0 atom stereocenters. The Hall–Kier alpha value is -1.55. The van der Waals surface area contributed by atoms with Crippen LogP contribution in [0.5, 0.6) is 0 Å². The minimum atomic E-state index is -0.421. The monoisotopic (exact) mass is 253 g/mol. The summed E-state index contributed by atoms with van der Waals surface area (Å²) in [7, 11) is 1.87. The number of anilines is 1. The second-order valence-electron chi connectivity index (χ2n) is 3.83. The van der Waals surface area contributed by atoms with E-state index in [2.05, 4.69) is 10.4 Å². The van der Waals surface area contributed by atoms with E-state index >= 15 is 0 Å². The number of aryl methyl sites for hydroxylation is 1. The first-order valence-corrected chi connectivity index (χ1v) is 5.62. The predicted octanol–water partition coefficient (Wildman–Crippen LogP) is 3.13.